The highest BCUT2D eigenvalue weighted by Crippen LogP contribution is 2.33. The van der Waals surface area contributed by atoms with Crippen molar-refractivity contribution in [3.8, 4) is 5.75 Å². The van der Waals surface area contributed by atoms with Gasteiger partial charge in [0.05, 0.1) is 19.0 Å². The molecule has 1 unspecified atom stereocenters. The standard InChI is InChI=1S/C23H28ClN7O3S/c1-34-21-12-17(31-10-8-16(25)9-11-31)6-7-20(21)29-23-26-14-18(24)22(30-23)28-19-5-3-2-4-15(19)13-27-35(32)33/h2-7,12,14,16,27H,8-11,13,25H2,1H3,(H,32,33)(H2,26,28,29,30)/p-1. The third-order valence-electron chi connectivity index (χ3n) is 5.73. The molecule has 4 rings (SSSR count). The molecule has 10 nitrogen and oxygen atoms in total. The van der Waals surface area contributed by atoms with Gasteiger partial charge in [-0.3, -0.25) is 4.21 Å². The van der Waals surface area contributed by atoms with Crippen molar-refractivity contribution in [3.63, 3.8) is 0 Å². The molecule has 5 N–H and O–H groups in total. The van der Waals surface area contributed by atoms with Gasteiger partial charge >= 0.3 is 0 Å². The van der Waals surface area contributed by atoms with Gasteiger partial charge in [0.1, 0.15) is 10.8 Å². The van der Waals surface area contributed by atoms with Crippen LogP contribution in [0.4, 0.5) is 28.8 Å². The highest BCUT2D eigenvalue weighted by molar-refractivity contribution is 7.77. The van der Waals surface area contributed by atoms with Crippen molar-refractivity contribution in [1.29, 1.82) is 0 Å². The van der Waals surface area contributed by atoms with Crippen LogP contribution in [-0.4, -0.2) is 45.0 Å². The number of methoxy groups -OCH3 is 1. The van der Waals surface area contributed by atoms with Gasteiger partial charge in [-0.1, -0.05) is 29.8 Å². The molecular weight excluding hydrogens is 490 g/mol. The van der Waals surface area contributed by atoms with Gasteiger partial charge in [-0.05, 0) is 36.6 Å². The smallest absolute Gasteiger partial charge is 0.229 e. The van der Waals surface area contributed by atoms with Crippen LogP contribution < -0.4 is 30.7 Å². The maximum absolute atomic E-state index is 10.9. The number of hydrogen-bond acceptors (Lipinski definition) is 9. The molecular formula is C23H27ClN7O3S-. The summed E-state index contributed by atoms with van der Waals surface area (Å²) in [6.07, 6.45) is 3.42. The predicted molar refractivity (Wildman–Crippen MR) is 138 cm³/mol. The molecule has 12 heteroatoms. The van der Waals surface area contributed by atoms with Crippen molar-refractivity contribution in [2.45, 2.75) is 25.4 Å². The van der Waals surface area contributed by atoms with E-state index in [1.165, 1.54) is 6.20 Å². The Morgan fingerprint density at radius 1 is 1.20 bits per heavy atom. The molecule has 3 aromatic rings. The summed E-state index contributed by atoms with van der Waals surface area (Å²) in [4.78, 5) is 11.1. The summed E-state index contributed by atoms with van der Waals surface area (Å²) >= 11 is 3.97. The van der Waals surface area contributed by atoms with E-state index in [2.05, 4.69) is 30.2 Å². The van der Waals surface area contributed by atoms with Gasteiger partial charge in [-0.25, -0.2) is 9.71 Å². The summed E-state index contributed by atoms with van der Waals surface area (Å²) in [5.74, 6) is 1.36. The molecule has 186 valence electrons. The second kappa shape index (κ2) is 11.6. The van der Waals surface area contributed by atoms with E-state index in [0.29, 0.717) is 33.9 Å². The molecule has 1 aliphatic rings. The largest absolute Gasteiger partial charge is 0.760 e. The molecule has 1 aromatic heterocycles. The van der Waals surface area contributed by atoms with Crippen molar-refractivity contribution >= 4 is 51.7 Å². The fourth-order valence-corrected chi connectivity index (χ4v) is 4.25. The van der Waals surface area contributed by atoms with Crippen molar-refractivity contribution in [2.75, 3.05) is 35.7 Å². The van der Waals surface area contributed by atoms with E-state index >= 15 is 0 Å². The summed E-state index contributed by atoms with van der Waals surface area (Å²) in [6.45, 7) is 1.95. The van der Waals surface area contributed by atoms with Gasteiger partial charge in [0, 0.05) is 54.4 Å². The molecule has 0 spiro atoms. The topological polar surface area (TPSA) is 140 Å². The zero-order valence-electron chi connectivity index (χ0n) is 19.2. The molecule has 1 aliphatic heterocycles. The number of halogens is 1. The second-order valence-electron chi connectivity index (χ2n) is 8.06. The molecule has 0 aliphatic carbocycles. The van der Waals surface area contributed by atoms with Crippen LogP contribution in [0.25, 0.3) is 0 Å². The van der Waals surface area contributed by atoms with E-state index in [4.69, 9.17) is 22.1 Å². The Kier molecular flexibility index (Phi) is 8.37. The Morgan fingerprint density at radius 3 is 2.71 bits per heavy atom. The zero-order chi connectivity index (χ0) is 24.8. The molecule has 1 saturated heterocycles. The van der Waals surface area contributed by atoms with E-state index in [1.54, 1.807) is 13.2 Å². The third-order valence-corrected chi connectivity index (χ3v) is 6.39. The summed E-state index contributed by atoms with van der Waals surface area (Å²) in [5, 5.41) is 6.67. The van der Waals surface area contributed by atoms with Crippen molar-refractivity contribution in [1.82, 2.24) is 14.7 Å². The van der Waals surface area contributed by atoms with Crippen LogP contribution in [0.5, 0.6) is 5.75 Å². The Morgan fingerprint density at radius 2 is 1.97 bits per heavy atom. The number of hydrogen-bond donors (Lipinski definition) is 4. The first-order chi connectivity index (χ1) is 16.9. The Labute approximate surface area is 211 Å². The van der Waals surface area contributed by atoms with Crippen LogP contribution in [0.2, 0.25) is 5.02 Å². The lowest BCUT2D eigenvalue weighted by Crippen LogP contribution is -2.39. The quantitative estimate of drug-likeness (QED) is 0.315. The Bertz CT molecular complexity index is 1190. The number of rotatable bonds is 9. The summed E-state index contributed by atoms with van der Waals surface area (Å²) < 4.78 is 29.8. The minimum absolute atomic E-state index is 0.125. The maximum atomic E-state index is 10.9. The molecule has 0 saturated carbocycles. The number of ether oxygens (including phenoxy) is 1. The van der Waals surface area contributed by atoms with Crippen LogP contribution in [0.1, 0.15) is 18.4 Å². The van der Waals surface area contributed by atoms with Crippen molar-refractivity contribution < 1.29 is 13.5 Å². The van der Waals surface area contributed by atoms with Crippen LogP contribution in [0.15, 0.2) is 48.7 Å². The SMILES string of the molecule is COc1cc(N2CCC(N)CC2)ccc1Nc1ncc(Cl)c(Nc2ccccc2CNS(=O)[O-])n1. The van der Waals surface area contributed by atoms with E-state index in [-0.39, 0.29) is 12.6 Å². The molecule has 2 aromatic carbocycles. The lowest BCUT2D eigenvalue weighted by Gasteiger charge is -2.32. The van der Waals surface area contributed by atoms with Gasteiger partial charge < -0.3 is 30.6 Å². The highest BCUT2D eigenvalue weighted by atomic mass is 35.5. The first-order valence-corrected chi connectivity index (χ1v) is 12.5. The van der Waals surface area contributed by atoms with Crippen molar-refractivity contribution in [2.24, 2.45) is 5.73 Å². The van der Waals surface area contributed by atoms with E-state index in [9.17, 15) is 8.76 Å². The number of piperidine rings is 1. The van der Waals surface area contributed by atoms with E-state index in [1.807, 2.05) is 36.4 Å². The monoisotopic (exact) mass is 516 g/mol. The van der Waals surface area contributed by atoms with Crippen LogP contribution in [0.3, 0.4) is 0 Å². The molecule has 1 atom stereocenters. The molecule has 0 radical (unpaired) electrons. The highest BCUT2D eigenvalue weighted by Gasteiger charge is 2.18. The van der Waals surface area contributed by atoms with Crippen LogP contribution in [-0.2, 0) is 17.8 Å². The Balaban J connectivity index is 1.52. The predicted octanol–water partition coefficient (Wildman–Crippen LogP) is 3.44. The lowest BCUT2D eigenvalue weighted by atomic mass is 10.1. The molecule has 0 bridgehead atoms. The lowest BCUT2D eigenvalue weighted by molar-refractivity contribution is 0.416. The van der Waals surface area contributed by atoms with Gasteiger partial charge in [-0.2, -0.15) is 4.98 Å². The number of nitrogens with one attached hydrogen (secondary N) is 3. The average molecular weight is 517 g/mol. The van der Waals surface area contributed by atoms with E-state index in [0.717, 1.165) is 37.2 Å². The first-order valence-electron chi connectivity index (χ1n) is 11.1. The first kappa shape index (κ1) is 25.1. The van der Waals surface area contributed by atoms with Crippen molar-refractivity contribution in [3.05, 3.63) is 59.2 Å². The number of anilines is 5. The number of nitrogens with two attached hydrogens (primary N) is 1. The van der Waals surface area contributed by atoms with Crippen LogP contribution in [0, 0.1) is 0 Å². The van der Waals surface area contributed by atoms with Crippen LogP contribution >= 0.6 is 11.6 Å². The van der Waals surface area contributed by atoms with Gasteiger partial charge in [0.2, 0.25) is 5.95 Å². The molecule has 1 fully saturated rings. The fraction of sp³-hybridized carbons (Fsp3) is 0.304. The van der Waals surface area contributed by atoms with Gasteiger partial charge in [-0.15, -0.1) is 0 Å². The summed E-state index contributed by atoms with van der Waals surface area (Å²) in [5.41, 5.74) is 9.21. The fourth-order valence-electron chi connectivity index (χ4n) is 3.83. The minimum Gasteiger partial charge on any atom is -0.760 e. The normalized spacial score (nSPS) is 15.0. The Hall–Kier alpha value is -2.96. The number of benzene rings is 2. The van der Waals surface area contributed by atoms with Gasteiger partial charge in [0.25, 0.3) is 0 Å². The van der Waals surface area contributed by atoms with E-state index < -0.39 is 11.3 Å². The molecule has 35 heavy (non-hydrogen) atoms. The summed E-state index contributed by atoms with van der Waals surface area (Å²) in [7, 11) is 1.62. The molecule has 2 heterocycles. The zero-order valence-corrected chi connectivity index (χ0v) is 20.7. The van der Waals surface area contributed by atoms with Gasteiger partial charge in [0.15, 0.2) is 5.82 Å². The number of nitrogens with zero attached hydrogens (tertiary/aromatic N) is 3. The third kappa shape index (κ3) is 6.59. The number of aromatic nitrogens is 2. The maximum Gasteiger partial charge on any atom is 0.229 e. The minimum atomic E-state index is -2.37. The number of para-hydroxylation sites is 1. The summed E-state index contributed by atoms with van der Waals surface area (Å²) in [6, 6.07) is 13.5. The molecule has 0 amide bonds. The second-order valence-corrected chi connectivity index (χ2v) is 9.23. The average Bonchev–Trinajstić information content (AvgIpc) is 2.86.